The van der Waals surface area contributed by atoms with E-state index >= 15 is 0 Å². The van der Waals surface area contributed by atoms with Gasteiger partial charge in [-0.2, -0.15) is 0 Å². The maximum atomic E-state index is 12.4. The first-order valence-electron chi connectivity index (χ1n) is 6.64. The van der Waals surface area contributed by atoms with Crippen LogP contribution in [-0.4, -0.2) is 29.4 Å². The number of carbonyl (C=O) groups excluding carboxylic acids is 1. The number of hydrogen-bond donors (Lipinski definition) is 1. The minimum Gasteiger partial charge on any atom is -0.337 e. The van der Waals surface area contributed by atoms with Crippen LogP contribution < -0.4 is 5.73 Å². The zero-order valence-corrected chi connectivity index (χ0v) is 10.9. The van der Waals surface area contributed by atoms with Crippen molar-refractivity contribution in [3.05, 3.63) is 0 Å². The predicted molar refractivity (Wildman–Crippen MR) is 67.1 cm³/mol. The molecule has 2 N–H and O–H groups in total. The molecule has 0 aromatic carbocycles. The highest BCUT2D eigenvalue weighted by Gasteiger charge is 2.32. The lowest BCUT2D eigenvalue weighted by molar-refractivity contribution is -0.141. The highest BCUT2D eigenvalue weighted by Crippen LogP contribution is 2.25. The standard InChI is InChI=1S/C13H26N2O/c1-4-6-12(9-14)13(16)15-10(2)7-5-8-11(15)3/h10-12H,4-9,14H2,1-3H3/t10-,11+,12?. The van der Waals surface area contributed by atoms with E-state index in [0.29, 0.717) is 18.6 Å². The molecule has 1 aliphatic rings. The molecule has 0 radical (unpaired) electrons. The fraction of sp³-hybridized carbons (Fsp3) is 0.923. The second-order valence-electron chi connectivity index (χ2n) is 5.10. The first kappa shape index (κ1) is 13.5. The average molecular weight is 226 g/mol. The monoisotopic (exact) mass is 226 g/mol. The fourth-order valence-corrected chi connectivity index (χ4v) is 2.76. The van der Waals surface area contributed by atoms with Crippen molar-refractivity contribution in [1.82, 2.24) is 4.90 Å². The minimum atomic E-state index is 0.0352. The Hall–Kier alpha value is -0.570. The van der Waals surface area contributed by atoms with Gasteiger partial charge in [0.05, 0.1) is 5.92 Å². The van der Waals surface area contributed by atoms with Crippen molar-refractivity contribution in [1.29, 1.82) is 0 Å². The zero-order valence-electron chi connectivity index (χ0n) is 10.9. The normalized spacial score (nSPS) is 27.9. The molecular weight excluding hydrogens is 200 g/mol. The Balaban J connectivity index is 2.68. The summed E-state index contributed by atoms with van der Waals surface area (Å²) in [6.07, 6.45) is 5.47. The van der Waals surface area contributed by atoms with Crippen molar-refractivity contribution in [2.75, 3.05) is 6.54 Å². The van der Waals surface area contributed by atoms with Gasteiger partial charge in [-0.3, -0.25) is 4.79 Å². The van der Waals surface area contributed by atoms with E-state index in [1.165, 1.54) is 6.42 Å². The molecule has 0 aliphatic carbocycles. The summed E-state index contributed by atoms with van der Waals surface area (Å²) in [4.78, 5) is 14.5. The fourth-order valence-electron chi connectivity index (χ4n) is 2.76. The lowest BCUT2D eigenvalue weighted by Gasteiger charge is -2.40. The van der Waals surface area contributed by atoms with Crippen molar-refractivity contribution < 1.29 is 4.79 Å². The Morgan fingerprint density at radius 1 is 1.38 bits per heavy atom. The number of amides is 1. The molecule has 1 aliphatic heterocycles. The second-order valence-corrected chi connectivity index (χ2v) is 5.10. The smallest absolute Gasteiger partial charge is 0.227 e. The molecule has 0 aromatic rings. The maximum Gasteiger partial charge on any atom is 0.227 e. The van der Waals surface area contributed by atoms with Crippen LogP contribution in [-0.2, 0) is 4.79 Å². The highest BCUT2D eigenvalue weighted by atomic mass is 16.2. The van der Waals surface area contributed by atoms with Gasteiger partial charge < -0.3 is 10.6 Å². The van der Waals surface area contributed by atoms with Crippen molar-refractivity contribution >= 4 is 5.91 Å². The number of carbonyl (C=O) groups is 1. The van der Waals surface area contributed by atoms with E-state index in [0.717, 1.165) is 25.7 Å². The molecule has 0 bridgehead atoms. The molecule has 3 nitrogen and oxygen atoms in total. The van der Waals surface area contributed by atoms with Gasteiger partial charge in [0.1, 0.15) is 0 Å². The van der Waals surface area contributed by atoms with Gasteiger partial charge in [0.15, 0.2) is 0 Å². The summed E-state index contributed by atoms with van der Waals surface area (Å²) in [5.74, 6) is 0.317. The number of piperidine rings is 1. The lowest BCUT2D eigenvalue weighted by Crippen LogP contribution is -2.51. The van der Waals surface area contributed by atoms with Gasteiger partial charge in [0.2, 0.25) is 5.91 Å². The van der Waals surface area contributed by atoms with Gasteiger partial charge >= 0.3 is 0 Å². The first-order valence-corrected chi connectivity index (χ1v) is 6.64. The van der Waals surface area contributed by atoms with Crippen LogP contribution in [0, 0.1) is 5.92 Å². The summed E-state index contributed by atoms with van der Waals surface area (Å²) in [5.41, 5.74) is 5.71. The van der Waals surface area contributed by atoms with Crippen LogP contribution in [0.5, 0.6) is 0 Å². The van der Waals surface area contributed by atoms with Crippen LogP contribution in [0.1, 0.15) is 52.9 Å². The molecule has 1 unspecified atom stereocenters. The topological polar surface area (TPSA) is 46.3 Å². The summed E-state index contributed by atoms with van der Waals surface area (Å²) < 4.78 is 0. The van der Waals surface area contributed by atoms with Crippen molar-refractivity contribution in [2.45, 2.75) is 65.0 Å². The van der Waals surface area contributed by atoms with Gasteiger partial charge in [0.25, 0.3) is 0 Å². The van der Waals surface area contributed by atoms with E-state index < -0.39 is 0 Å². The van der Waals surface area contributed by atoms with Crippen LogP contribution >= 0.6 is 0 Å². The van der Waals surface area contributed by atoms with Crippen LogP contribution in [0.25, 0.3) is 0 Å². The molecule has 0 spiro atoms. The van der Waals surface area contributed by atoms with Crippen LogP contribution in [0.2, 0.25) is 0 Å². The number of rotatable bonds is 4. The van der Waals surface area contributed by atoms with E-state index in [2.05, 4.69) is 25.7 Å². The van der Waals surface area contributed by atoms with Gasteiger partial charge in [-0.1, -0.05) is 13.3 Å². The highest BCUT2D eigenvalue weighted by molar-refractivity contribution is 5.79. The molecule has 1 heterocycles. The van der Waals surface area contributed by atoms with Gasteiger partial charge in [-0.25, -0.2) is 0 Å². The zero-order chi connectivity index (χ0) is 12.1. The molecule has 1 rings (SSSR count). The first-order chi connectivity index (χ1) is 7.61. The van der Waals surface area contributed by atoms with Crippen molar-refractivity contribution in [3.63, 3.8) is 0 Å². The van der Waals surface area contributed by atoms with E-state index in [1.807, 2.05) is 0 Å². The second kappa shape index (κ2) is 6.24. The average Bonchev–Trinajstić information content (AvgIpc) is 2.25. The number of likely N-dealkylation sites (tertiary alicyclic amines) is 1. The van der Waals surface area contributed by atoms with Gasteiger partial charge in [-0.15, -0.1) is 0 Å². The largest absolute Gasteiger partial charge is 0.337 e. The molecule has 1 amide bonds. The summed E-state index contributed by atoms with van der Waals surface area (Å²) in [5, 5.41) is 0. The number of nitrogens with zero attached hydrogens (tertiary/aromatic N) is 1. The molecule has 3 heteroatoms. The summed E-state index contributed by atoms with van der Waals surface area (Å²) in [7, 11) is 0. The molecular formula is C13H26N2O. The Kier molecular flexibility index (Phi) is 5.26. The maximum absolute atomic E-state index is 12.4. The van der Waals surface area contributed by atoms with Crippen molar-refractivity contribution in [3.8, 4) is 0 Å². The van der Waals surface area contributed by atoms with E-state index in [1.54, 1.807) is 0 Å². The number of nitrogens with two attached hydrogens (primary N) is 1. The van der Waals surface area contributed by atoms with E-state index in [4.69, 9.17) is 5.73 Å². The third-order valence-electron chi connectivity index (χ3n) is 3.72. The van der Waals surface area contributed by atoms with Crippen LogP contribution in [0.4, 0.5) is 0 Å². The predicted octanol–water partition coefficient (Wildman–Crippen LogP) is 2.15. The molecule has 0 saturated carbocycles. The molecule has 94 valence electrons. The SMILES string of the molecule is CCCC(CN)C(=O)N1[C@H](C)CCC[C@@H]1C. The third-order valence-corrected chi connectivity index (χ3v) is 3.72. The molecule has 1 saturated heterocycles. The Labute approximate surface area is 99.4 Å². The van der Waals surface area contributed by atoms with Crippen molar-refractivity contribution in [2.24, 2.45) is 11.7 Å². The Bertz CT molecular complexity index is 220. The van der Waals surface area contributed by atoms with E-state index in [-0.39, 0.29) is 11.8 Å². The summed E-state index contributed by atoms with van der Waals surface area (Å²) in [6, 6.07) is 0.782. The summed E-state index contributed by atoms with van der Waals surface area (Å²) >= 11 is 0. The van der Waals surface area contributed by atoms with Crippen LogP contribution in [0.15, 0.2) is 0 Å². The molecule has 1 fully saturated rings. The quantitative estimate of drug-likeness (QED) is 0.798. The Morgan fingerprint density at radius 2 is 1.94 bits per heavy atom. The molecule has 3 atom stereocenters. The van der Waals surface area contributed by atoms with Crippen LogP contribution in [0.3, 0.4) is 0 Å². The van der Waals surface area contributed by atoms with E-state index in [9.17, 15) is 4.79 Å². The molecule has 16 heavy (non-hydrogen) atoms. The van der Waals surface area contributed by atoms with Gasteiger partial charge in [-0.05, 0) is 39.5 Å². The third kappa shape index (κ3) is 2.97. The lowest BCUT2D eigenvalue weighted by atomic mass is 9.93. The Morgan fingerprint density at radius 3 is 2.38 bits per heavy atom. The minimum absolute atomic E-state index is 0.0352. The number of hydrogen-bond acceptors (Lipinski definition) is 2. The molecule has 0 aromatic heterocycles. The summed E-state index contributed by atoms with van der Waals surface area (Å²) in [6.45, 7) is 6.92. The van der Waals surface area contributed by atoms with Gasteiger partial charge in [0, 0.05) is 18.6 Å².